The van der Waals surface area contributed by atoms with Gasteiger partial charge in [0.15, 0.2) is 11.5 Å². The number of anilines is 1. The van der Waals surface area contributed by atoms with Crippen molar-refractivity contribution in [2.24, 2.45) is 0 Å². The van der Waals surface area contributed by atoms with Crippen LogP contribution in [0.5, 0.6) is 11.5 Å². The molecule has 0 heterocycles. The highest BCUT2D eigenvalue weighted by Gasteiger charge is 2.14. The summed E-state index contributed by atoms with van der Waals surface area (Å²) >= 11 is 0. The van der Waals surface area contributed by atoms with E-state index in [9.17, 15) is 9.59 Å². The molecule has 2 N–H and O–H groups in total. The summed E-state index contributed by atoms with van der Waals surface area (Å²) in [6.45, 7) is 4.20. The minimum absolute atomic E-state index is 0.342. The Kier molecular flexibility index (Phi) is 6.60. The lowest BCUT2D eigenvalue weighted by Gasteiger charge is -2.11. The molecule has 26 heavy (non-hydrogen) atoms. The van der Waals surface area contributed by atoms with E-state index >= 15 is 0 Å². The summed E-state index contributed by atoms with van der Waals surface area (Å²) < 4.78 is 10.4. The van der Waals surface area contributed by atoms with Crippen molar-refractivity contribution in [3.8, 4) is 11.5 Å². The first-order valence-corrected chi connectivity index (χ1v) is 8.32. The Hall–Kier alpha value is -3.02. The number of aryl methyl sites for hydroxylation is 1. The lowest BCUT2D eigenvalue weighted by Crippen LogP contribution is -2.36. The van der Waals surface area contributed by atoms with Crippen LogP contribution in [0.2, 0.25) is 0 Å². The Bertz CT molecular complexity index is 802. The number of hydrogen-bond acceptors (Lipinski definition) is 4. The molecule has 0 spiro atoms. The van der Waals surface area contributed by atoms with Crippen LogP contribution in [0.4, 0.5) is 5.69 Å². The topological polar surface area (TPSA) is 76.7 Å². The van der Waals surface area contributed by atoms with Crippen LogP contribution < -0.4 is 20.1 Å². The normalized spacial score (nSPS) is 10.2. The van der Waals surface area contributed by atoms with E-state index in [1.165, 1.54) is 0 Å². The fourth-order valence-electron chi connectivity index (χ4n) is 2.50. The van der Waals surface area contributed by atoms with E-state index in [0.717, 1.165) is 16.7 Å². The Morgan fingerprint density at radius 1 is 0.962 bits per heavy atom. The van der Waals surface area contributed by atoms with Crippen molar-refractivity contribution in [1.29, 1.82) is 0 Å². The van der Waals surface area contributed by atoms with E-state index in [1.54, 1.807) is 20.3 Å². The van der Waals surface area contributed by atoms with Gasteiger partial charge in [-0.25, -0.2) is 0 Å². The molecule has 0 aromatic heterocycles. The van der Waals surface area contributed by atoms with E-state index in [-0.39, 0.29) is 0 Å². The zero-order valence-electron chi connectivity index (χ0n) is 15.5. The van der Waals surface area contributed by atoms with Crippen LogP contribution in [-0.2, 0) is 16.0 Å². The van der Waals surface area contributed by atoms with Crippen molar-refractivity contribution in [3.63, 3.8) is 0 Å². The van der Waals surface area contributed by atoms with Crippen molar-refractivity contribution in [1.82, 2.24) is 5.32 Å². The highest BCUT2D eigenvalue weighted by Crippen LogP contribution is 2.27. The summed E-state index contributed by atoms with van der Waals surface area (Å²) in [7, 11) is 3.15. The smallest absolute Gasteiger partial charge is 0.313 e. The molecule has 6 heteroatoms. The number of rotatable bonds is 6. The molecule has 2 amide bonds. The third-order valence-electron chi connectivity index (χ3n) is 4.21. The van der Waals surface area contributed by atoms with Crippen LogP contribution in [0.15, 0.2) is 36.4 Å². The molecule has 0 radical (unpaired) electrons. The summed E-state index contributed by atoms with van der Waals surface area (Å²) in [5.74, 6) is -0.0606. The van der Waals surface area contributed by atoms with Gasteiger partial charge in [0.05, 0.1) is 14.2 Å². The zero-order chi connectivity index (χ0) is 19.1. The molecule has 0 atom stereocenters. The third kappa shape index (κ3) is 4.75. The molecule has 0 unspecified atom stereocenters. The number of carbonyl (C=O) groups is 2. The number of benzene rings is 2. The maximum Gasteiger partial charge on any atom is 0.313 e. The van der Waals surface area contributed by atoms with Gasteiger partial charge in [-0.3, -0.25) is 9.59 Å². The van der Waals surface area contributed by atoms with Crippen molar-refractivity contribution in [2.75, 3.05) is 26.1 Å². The Balaban J connectivity index is 1.88. The molecule has 0 aliphatic heterocycles. The van der Waals surface area contributed by atoms with Gasteiger partial charge >= 0.3 is 11.8 Å². The maximum atomic E-state index is 12.0. The van der Waals surface area contributed by atoms with Gasteiger partial charge in [-0.2, -0.15) is 0 Å². The van der Waals surface area contributed by atoms with Crippen LogP contribution in [0, 0.1) is 13.8 Å². The molecular formula is C20H24N2O4. The average molecular weight is 356 g/mol. The Morgan fingerprint density at radius 3 is 2.38 bits per heavy atom. The summed E-state index contributed by atoms with van der Waals surface area (Å²) in [4.78, 5) is 24.0. The number of amides is 2. The van der Waals surface area contributed by atoms with Gasteiger partial charge in [-0.15, -0.1) is 0 Å². The predicted molar refractivity (Wildman–Crippen MR) is 101 cm³/mol. The molecule has 0 fully saturated rings. The van der Waals surface area contributed by atoms with Gasteiger partial charge in [-0.1, -0.05) is 18.2 Å². The monoisotopic (exact) mass is 356 g/mol. The molecule has 0 aliphatic rings. The number of ether oxygens (including phenoxy) is 2. The Labute approximate surface area is 153 Å². The summed E-state index contributed by atoms with van der Waals surface area (Å²) in [6, 6.07) is 11.1. The largest absolute Gasteiger partial charge is 0.493 e. The molecule has 2 aromatic rings. The first-order chi connectivity index (χ1) is 12.5. The summed E-state index contributed by atoms with van der Waals surface area (Å²) in [5, 5.41) is 5.27. The number of carbonyl (C=O) groups excluding carboxylic acids is 2. The lowest BCUT2D eigenvalue weighted by molar-refractivity contribution is -0.136. The Morgan fingerprint density at radius 2 is 1.69 bits per heavy atom. The predicted octanol–water partition coefficient (Wildman–Crippen LogP) is 2.62. The number of methoxy groups -OCH3 is 2. The average Bonchev–Trinajstić information content (AvgIpc) is 2.65. The minimum atomic E-state index is -0.675. The fourth-order valence-corrected chi connectivity index (χ4v) is 2.50. The number of nitrogens with one attached hydrogen (secondary N) is 2. The van der Waals surface area contributed by atoms with Crippen molar-refractivity contribution < 1.29 is 19.1 Å². The summed E-state index contributed by atoms with van der Waals surface area (Å²) in [5.41, 5.74) is 3.61. The van der Waals surface area contributed by atoms with Gasteiger partial charge in [0, 0.05) is 12.2 Å². The molecule has 6 nitrogen and oxygen atoms in total. The number of hydrogen-bond donors (Lipinski definition) is 2. The molecular weight excluding hydrogens is 332 g/mol. The quantitative estimate of drug-likeness (QED) is 0.780. The van der Waals surface area contributed by atoms with Gasteiger partial charge < -0.3 is 20.1 Å². The van der Waals surface area contributed by atoms with E-state index in [1.807, 2.05) is 44.2 Å². The first-order valence-electron chi connectivity index (χ1n) is 8.32. The van der Waals surface area contributed by atoms with Crippen molar-refractivity contribution in [2.45, 2.75) is 20.3 Å². The molecule has 0 saturated heterocycles. The SMILES string of the molecule is COc1ccc(CCNC(=O)C(=O)Nc2cccc(C)c2C)cc1OC. The van der Waals surface area contributed by atoms with Gasteiger partial charge in [-0.05, 0) is 55.2 Å². The van der Waals surface area contributed by atoms with Crippen LogP contribution in [-0.4, -0.2) is 32.6 Å². The molecule has 0 bridgehead atoms. The molecule has 0 aliphatic carbocycles. The van der Waals surface area contributed by atoms with Crippen LogP contribution in [0.3, 0.4) is 0 Å². The van der Waals surface area contributed by atoms with Crippen LogP contribution in [0.1, 0.15) is 16.7 Å². The molecule has 138 valence electrons. The minimum Gasteiger partial charge on any atom is -0.493 e. The van der Waals surface area contributed by atoms with Gasteiger partial charge in [0.25, 0.3) is 0 Å². The van der Waals surface area contributed by atoms with Crippen molar-refractivity contribution >= 4 is 17.5 Å². The van der Waals surface area contributed by atoms with Gasteiger partial charge in [0.2, 0.25) is 0 Å². The lowest BCUT2D eigenvalue weighted by atomic mass is 10.1. The second-order valence-electron chi connectivity index (χ2n) is 5.90. The third-order valence-corrected chi connectivity index (χ3v) is 4.21. The second-order valence-corrected chi connectivity index (χ2v) is 5.90. The second kappa shape index (κ2) is 8.89. The van der Waals surface area contributed by atoms with E-state index in [0.29, 0.717) is 30.2 Å². The maximum absolute atomic E-state index is 12.0. The highest BCUT2D eigenvalue weighted by atomic mass is 16.5. The molecule has 2 aromatic carbocycles. The standard InChI is InChI=1S/C20H24N2O4/c1-13-6-5-7-16(14(13)2)22-20(24)19(23)21-11-10-15-8-9-17(25-3)18(12-15)26-4/h5-9,12H,10-11H2,1-4H3,(H,21,23)(H,22,24). The summed E-state index contributed by atoms with van der Waals surface area (Å²) in [6.07, 6.45) is 0.572. The first kappa shape index (κ1) is 19.3. The van der Waals surface area contributed by atoms with E-state index in [2.05, 4.69) is 10.6 Å². The van der Waals surface area contributed by atoms with E-state index in [4.69, 9.17) is 9.47 Å². The van der Waals surface area contributed by atoms with E-state index < -0.39 is 11.8 Å². The van der Waals surface area contributed by atoms with Gasteiger partial charge in [0.1, 0.15) is 0 Å². The highest BCUT2D eigenvalue weighted by molar-refractivity contribution is 6.39. The molecule has 2 rings (SSSR count). The van der Waals surface area contributed by atoms with Crippen molar-refractivity contribution in [3.05, 3.63) is 53.1 Å². The van der Waals surface area contributed by atoms with Crippen LogP contribution in [0.25, 0.3) is 0 Å². The van der Waals surface area contributed by atoms with Crippen LogP contribution >= 0.6 is 0 Å². The fraction of sp³-hybridized carbons (Fsp3) is 0.300. The zero-order valence-corrected chi connectivity index (χ0v) is 15.5. The molecule has 0 saturated carbocycles.